The zero-order chi connectivity index (χ0) is 16.8. The fraction of sp³-hybridized carbons (Fsp3) is 0.444. The van der Waals surface area contributed by atoms with Crippen LogP contribution in [0.5, 0.6) is 0 Å². The Balaban J connectivity index is 1.41. The third kappa shape index (κ3) is 4.55. The van der Waals surface area contributed by atoms with Crippen molar-refractivity contribution in [2.24, 2.45) is 5.92 Å². The van der Waals surface area contributed by atoms with Crippen molar-refractivity contribution in [2.45, 2.75) is 25.9 Å². The molecule has 0 saturated carbocycles. The number of rotatable bonds is 7. The molecule has 2 aromatic heterocycles. The third-order valence-corrected chi connectivity index (χ3v) is 5.37. The molecule has 3 heterocycles. The number of carbonyl (C=O) groups excluding carboxylic acids is 1. The number of nitrogens with zero attached hydrogens (tertiary/aromatic N) is 2. The van der Waals surface area contributed by atoms with E-state index < -0.39 is 0 Å². The molecular weight excluding hydrogens is 320 g/mol. The molecule has 0 spiro atoms. The van der Waals surface area contributed by atoms with Crippen LogP contribution in [-0.2, 0) is 11.3 Å². The van der Waals surface area contributed by atoms with E-state index in [0.717, 1.165) is 31.9 Å². The van der Waals surface area contributed by atoms with E-state index in [2.05, 4.69) is 20.5 Å². The Kier molecular flexibility index (Phi) is 5.82. The van der Waals surface area contributed by atoms with E-state index in [1.54, 1.807) is 17.5 Å². The second kappa shape index (κ2) is 8.26. The summed E-state index contributed by atoms with van der Waals surface area (Å²) < 4.78 is 0. The summed E-state index contributed by atoms with van der Waals surface area (Å²) in [6, 6.07) is 9.85. The SMILES string of the molecule is CC(C(=O)NCc1cccs1)N1CCC(CNc2ccccn2)C1. The summed E-state index contributed by atoms with van der Waals surface area (Å²) in [5.74, 6) is 1.58. The van der Waals surface area contributed by atoms with Gasteiger partial charge in [-0.2, -0.15) is 0 Å². The van der Waals surface area contributed by atoms with Crippen LogP contribution in [0.4, 0.5) is 5.82 Å². The molecule has 2 atom stereocenters. The van der Waals surface area contributed by atoms with Crippen LogP contribution in [0.25, 0.3) is 0 Å². The fourth-order valence-corrected chi connectivity index (χ4v) is 3.64. The second-order valence-electron chi connectivity index (χ2n) is 6.22. The Labute approximate surface area is 147 Å². The van der Waals surface area contributed by atoms with Gasteiger partial charge in [-0.1, -0.05) is 12.1 Å². The molecule has 24 heavy (non-hydrogen) atoms. The average Bonchev–Trinajstić information content (AvgIpc) is 3.30. The topological polar surface area (TPSA) is 57.3 Å². The van der Waals surface area contributed by atoms with Crippen molar-refractivity contribution in [3.63, 3.8) is 0 Å². The van der Waals surface area contributed by atoms with E-state index in [1.807, 2.05) is 42.6 Å². The molecule has 3 rings (SSSR count). The molecule has 1 fully saturated rings. The molecule has 1 saturated heterocycles. The van der Waals surface area contributed by atoms with Gasteiger partial charge in [0.05, 0.1) is 12.6 Å². The number of anilines is 1. The van der Waals surface area contributed by atoms with Crippen LogP contribution >= 0.6 is 11.3 Å². The molecule has 2 aromatic rings. The Morgan fingerprint density at radius 2 is 2.33 bits per heavy atom. The lowest BCUT2D eigenvalue weighted by Crippen LogP contribution is -2.44. The summed E-state index contributed by atoms with van der Waals surface area (Å²) in [5, 5.41) is 8.45. The highest BCUT2D eigenvalue weighted by Gasteiger charge is 2.29. The molecular formula is C18H24N4OS. The van der Waals surface area contributed by atoms with E-state index in [1.165, 1.54) is 4.88 Å². The summed E-state index contributed by atoms with van der Waals surface area (Å²) in [5.41, 5.74) is 0. The molecule has 1 amide bonds. The standard InChI is InChI=1S/C18H24N4OS/c1-14(18(23)21-12-16-5-4-10-24-16)22-9-7-15(13-22)11-20-17-6-2-3-8-19-17/h2-6,8,10,14-15H,7,9,11-13H2,1H3,(H,19,20)(H,21,23). The zero-order valence-electron chi connectivity index (χ0n) is 13.9. The summed E-state index contributed by atoms with van der Waals surface area (Å²) in [6.07, 6.45) is 2.91. The molecule has 6 heteroatoms. The summed E-state index contributed by atoms with van der Waals surface area (Å²) in [4.78, 5) is 20.1. The van der Waals surface area contributed by atoms with Crippen molar-refractivity contribution >= 4 is 23.1 Å². The van der Waals surface area contributed by atoms with E-state index >= 15 is 0 Å². The van der Waals surface area contributed by atoms with Crippen molar-refractivity contribution in [2.75, 3.05) is 25.0 Å². The molecule has 0 bridgehead atoms. The number of amides is 1. The maximum atomic E-state index is 12.3. The van der Waals surface area contributed by atoms with E-state index in [-0.39, 0.29) is 11.9 Å². The normalized spacial score (nSPS) is 19.1. The Bertz CT molecular complexity index is 632. The van der Waals surface area contributed by atoms with Gasteiger partial charge in [0.1, 0.15) is 5.82 Å². The predicted molar refractivity (Wildman–Crippen MR) is 98.0 cm³/mol. The van der Waals surface area contributed by atoms with Crippen LogP contribution in [-0.4, -0.2) is 41.5 Å². The van der Waals surface area contributed by atoms with Gasteiger partial charge in [0.25, 0.3) is 0 Å². The first-order chi connectivity index (χ1) is 11.7. The smallest absolute Gasteiger partial charge is 0.237 e. The molecule has 1 aliphatic rings. The van der Waals surface area contributed by atoms with Crippen molar-refractivity contribution in [3.8, 4) is 0 Å². The number of thiophene rings is 1. The van der Waals surface area contributed by atoms with Gasteiger partial charge in [0.2, 0.25) is 5.91 Å². The van der Waals surface area contributed by atoms with E-state index in [9.17, 15) is 4.79 Å². The van der Waals surface area contributed by atoms with Gasteiger partial charge in [-0.15, -0.1) is 11.3 Å². The lowest BCUT2D eigenvalue weighted by molar-refractivity contribution is -0.125. The number of hydrogen-bond donors (Lipinski definition) is 2. The highest BCUT2D eigenvalue weighted by molar-refractivity contribution is 7.09. The number of likely N-dealkylation sites (tertiary alicyclic amines) is 1. The lowest BCUT2D eigenvalue weighted by Gasteiger charge is -2.23. The number of aromatic nitrogens is 1. The van der Waals surface area contributed by atoms with Gasteiger partial charge in [0.15, 0.2) is 0 Å². The molecule has 2 unspecified atom stereocenters. The predicted octanol–water partition coefficient (Wildman–Crippen LogP) is 2.58. The molecule has 1 aliphatic heterocycles. The maximum absolute atomic E-state index is 12.3. The summed E-state index contributed by atoms with van der Waals surface area (Å²) >= 11 is 1.67. The summed E-state index contributed by atoms with van der Waals surface area (Å²) in [6.45, 7) is 5.45. The molecule has 0 radical (unpaired) electrons. The minimum absolute atomic E-state index is 0.0789. The first-order valence-electron chi connectivity index (χ1n) is 8.41. The molecule has 128 valence electrons. The van der Waals surface area contributed by atoms with E-state index in [4.69, 9.17) is 0 Å². The maximum Gasteiger partial charge on any atom is 0.237 e. The molecule has 0 aliphatic carbocycles. The van der Waals surface area contributed by atoms with Gasteiger partial charge >= 0.3 is 0 Å². The summed E-state index contributed by atoms with van der Waals surface area (Å²) in [7, 11) is 0. The van der Waals surface area contributed by atoms with Crippen LogP contribution in [0.2, 0.25) is 0 Å². The van der Waals surface area contributed by atoms with Gasteiger partial charge in [-0.05, 0) is 49.4 Å². The van der Waals surface area contributed by atoms with Crippen LogP contribution in [0.1, 0.15) is 18.2 Å². The first kappa shape index (κ1) is 16.9. The van der Waals surface area contributed by atoms with Gasteiger partial charge in [-0.25, -0.2) is 4.98 Å². The zero-order valence-corrected chi connectivity index (χ0v) is 14.8. The lowest BCUT2D eigenvalue weighted by atomic mass is 10.1. The quantitative estimate of drug-likeness (QED) is 0.811. The monoisotopic (exact) mass is 344 g/mol. The minimum atomic E-state index is -0.0789. The van der Waals surface area contributed by atoms with Crippen LogP contribution in [0, 0.1) is 5.92 Å². The Hall–Kier alpha value is -1.92. The van der Waals surface area contributed by atoms with Gasteiger partial charge in [-0.3, -0.25) is 9.69 Å². The fourth-order valence-electron chi connectivity index (χ4n) is 3.00. The number of carbonyl (C=O) groups is 1. The van der Waals surface area contributed by atoms with Gasteiger partial charge < -0.3 is 10.6 Å². The van der Waals surface area contributed by atoms with Crippen LogP contribution < -0.4 is 10.6 Å². The highest BCUT2D eigenvalue weighted by atomic mass is 32.1. The third-order valence-electron chi connectivity index (χ3n) is 4.50. The number of hydrogen-bond acceptors (Lipinski definition) is 5. The van der Waals surface area contributed by atoms with Crippen molar-refractivity contribution in [3.05, 3.63) is 46.8 Å². The van der Waals surface area contributed by atoms with Crippen LogP contribution in [0.3, 0.4) is 0 Å². The largest absolute Gasteiger partial charge is 0.370 e. The number of nitrogens with one attached hydrogen (secondary N) is 2. The first-order valence-corrected chi connectivity index (χ1v) is 9.29. The highest BCUT2D eigenvalue weighted by Crippen LogP contribution is 2.19. The van der Waals surface area contributed by atoms with Crippen molar-refractivity contribution in [1.29, 1.82) is 0 Å². The van der Waals surface area contributed by atoms with E-state index in [0.29, 0.717) is 12.5 Å². The Morgan fingerprint density at radius 1 is 1.42 bits per heavy atom. The second-order valence-corrected chi connectivity index (χ2v) is 7.25. The van der Waals surface area contributed by atoms with Gasteiger partial charge in [0, 0.05) is 24.2 Å². The molecule has 2 N–H and O–H groups in total. The molecule has 0 aromatic carbocycles. The molecule has 5 nitrogen and oxygen atoms in total. The minimum Gasteiger partial charge on any atom is -0.370 e. The van der Waals surface area contributed by atoms with Crippen molar-refractivity contribution < 1.29 is 4.79 Å². The Morgan fingerprint density at radius 3 is 3.08 bits per heavy atom. The number of pyridine rings is 1. The van der Waals surface area contributed by atoms with Crippen molar-refractivity contribution in [1.82, 2.24) is 15.2 Å². The average molecular weight is 344 g/mol. The van der Waals surface area contributed by atoms with Crippen LogP contribution in [0.15, 0.2) is 41.9 Å².